The number of rotatable bonds is 3. The number of nitrogens with one attached hydrogen (secondary N) is 1. The van der Waals surface area contributed by atoms with Crippen molar-refractivity contribution in [3.8, 4) is 0 Å². The number of anilines is 1. The number of carbonyl (C=O) groups is 1. The average Bonchev–Trinajstić information content (AvgIpc) is 2.66. The molecular formula is C16H19BrN2O2S. The molecule has 0 saturated carbocycles. The SMILES string of the molecule is Cc1nc(NC(=O)OC(C)(C)C)sc1Cc1cccc(Br)c1. The molecule has 0 unspecified atom stereocenters. The fourth-order valence-corrected chi connectivity index (χ4v) is 3.30. The molecule has 4 nitrogen and oxygen atoms in total. The van der Waals surface area contributed by atoms with Crippen LogP contribution in [0, 0.1) is 6.92 Å². The first kappa shape index (κ1) is 17.0. The number of thiazole rings is 1. The lowest BCUT2D eigenvalue weighted by Gasteiger charge is -2.18. The number of hydrogen-bond donors (Lipinski definition) is 1. The topological polar surface area (TPSA) is 51.2 Å². The van der Waals surface area contributed by atoms with Crippen molar-refractivity contribution in [2.45, 2.75) is 39.7 Å². The zero-order valence-corrected chi connectivity index (χ0v) is 15.5. The number of nitrogens with zero attached hydrogens (tertiary/aromatic N) is 1. The van der Waals surface area contributed by atoms with E-state index in [1.807, 2.05) is 39.8 Å². The summed E-state index contributed by atoms with van der Waals surface area (Å²) in [6, 6.07) is 8.17. The molecule has 0 aliphatic heterocycles. The quantitative estimate of drug-likeness (QED) is 0.797. The Balaban J connectivity index is 2.06. The maximum Gasteiger partial charge on any atom is 0.413 e. The Bertz CT molecular complexity index is 677. The van der Waals surface area contributed by atoms with Crippen molar-refractivity contribution in [1.82, 2.24) is 4.98 Å². The van der Waals surface area contributed by atoms with E-state index in [1.165, 1.54) is 16.9 Å². The van der Waals surface area contributed by atoms with E-state index in [9.17, 15) is 4.79 Å². The van der Waals surface area contributed by atoms with E-state index in [0.717, 1.165) is 21.5 Å². The molecule has 22 heavy (non-hydrogen) atoms. The molecule has 1 aromatic carbocycles. The van der Waals surface area contributed by atoms with Gasteiger partial charge in [0.2, 0.25) is 0 Å². The van der Waals surface area contributed by atoms with Gasteiger partial charge in [-0.3, -0.25) is 5.32 Å². The molecule has 0 atom stereocenters. The standard InChI is InChI=1S/C16H19BrN2O2S/c1-10-13(9-11-6-5-7-12(17)8-11)22-14(18-10)19-15(20)21-16(2,3)4/h5-8H,9H2,1-4H3,(H,18,19,20). The van der Waals surface area contributed by atoms with Gasteiger partial charge in [0.05, 0.1) is 5.69 Å². The average molecular weight is 383 g/mol. The van der Waals surface area contributed by atoms with Crippen LogP contribution in [-0.4, -0.2) is 16.7 Å². The molecule has 2 rings (SSSR count). The van der Waals surface area contributed by atoms with Gasteiger partial charge in [-0.25, -0.2) is 9.78 Å². The predicted octanol–water partition coefficient (Wildman–Crippen LogP) is 5.15. The Morgan fingerprint density at radius 1 is 1.41 bits per heavy atom. The van der Waals surface area contributed by atoms with Crippen LogP contribution in [0.4, 0.5) is 9.93 Å². The number of benzene rings is 1. The Hall–Kier alpha value is -1.40. The second-order valence-electron chi connectivity index (χ2n) is 5.96. The number of carbonyl (C=O) groups excluding carboxylic acids is 1. The van der Waals surface area contributed by atoms with Crippen LogP contribution in [0.2, 0.25) is 0 Å². The summed E-state index contributed by atoms with van der Waals surface area (Å²) < 4.78 is 6.29. The highest BCUT2D eigenvalue weighted by molar-refractivity contribution is 9.10. The van der Waals surface area contributed by atoms with Crippen molar-refractivity contribution < 1.29 is 9.53 Å². The lowest BCUT2D eigenvalue weighted by atomic mass is 10.1. The van der Waals surface area contributed by atoms with Crippen molar-refractivity contribution in [3.63, 3.8) is 0 Å². The second-order valence-corrected chi connectivity index (χ2v) is 7.96. The molecule has 0 aliphatic carbocycles. The van der Waals surface area contributed by atoms with Crippen molar-refractivity contribution in [3.05, 3.63) is 44.9 Å². The zero-order chi connectivity index (χ0) is 16.3. The summed E-state index contributed by atoms with van der Waals surface area (Å²) in [5, 5.41) is 3.26. The van der Waals surface area contributed by atoms with Gasteiger partial charge in [0.25, 0.3) is 0 Å². The van der Waals surface area contributed by atoms with Gasteiger partial charge in [-0.2, -0.15) is 0 Å². The van der Waals surface area contributed by atoms with Crippen LogP contribution in [0.15, 0.2) is 28.7 Å². The molecule has 1 amide bonds. The summed E-state index contributed by atoms with van der Waals surface area (Å²) >= 11 is 4.95. The summed E-state index contributed by atoms with van der Waals surface area (Å²) in [5.41, 5.74) is 1.61. The molecule has 0 radical (unpaired) electrons. The van der Waals surface area contributed by atoms with Gasteiger partial charge in [-0.05, 0) is 45.4 Å². The van der Waals surface area contributed by atoms with Crippen LogP contribution in [0.1, 0.15) is 36.9 Å². The third-order valence-corrected chi connectivity index (χ3v) is 4.32. The molecule has 6 heteroatoms. The smallest absolute Gasteiger partial charge is 0.413 e. The van der Waals surface area contributed by atoms with Crippen molar-refractivity contribution in [2.75, 3.05) is 5.32 Å². The first-order valence-electron chi connectivity index (χ1n) is 6.94. The van der Waals surface area contributed by atoms with Crippen molar-refractivity contribution in [2.24, 2.45) is 0 Å². The highest BCUT2D eigenvalue weighted by Gasteiger charge is 2.18. The molecular weight excluding hydrogens is 364 g/mol. The molecule has 1 heterocycles. The molecule has 0 spiro atoms. The Kier molecular flexibility index (Phi) is 5.24. The monoisotopic (exact) mass is 382 g/mol. The van der Waals surface area contributed by atoms with Crippen LogP contribution in [0.5, 0.6) is 0 Å². The van der Waals surface area contributed by atoms with Gasteiger partial charge in [0.15, 0.2) is 5.13 Å². The summed E-state index contributed by atoms with van der Waals surface area (Å²) in [7, 11) is 0. The fraction of sp³-hybridized carbons (Fsp3) is 0.375. The minimum atomic E-state index is -0.518. The minimum absolute atomic E-state index is 0.477. The minimum Gasteiger partial charge on any atom is -0.444 e. The number of hydrogen-bond acceptors (Lipinski definition) is 4. The van der Waals surface area contributed by atoms with E-state index < -0.39 is 11.7 Å². The number of aryl methyl sites for hydroxylation is 1. The van der Waals surface area contributed by atoms with Crippen molar-refractivity contribution in [1.29, 1.82) is 0 Å². The first-order valence-corrected chi connectivity index (χ1v) is 8.54. The van der Waals surface area contributed by atoms with Gasteiger partial charge in [-0.15, -0.1) is 11.3 Å². The van der Waals surface area contributed by atoms with E-state index in [0.29, 0.717) is 5.13 Å². The maximum absolute atomic E-state index is 11.8. The summed E-state index contributed by atoms with van der Waals surface area (Å²) in [4.78, 5) is 17.3. The Labute approximate surface area is 143 Å². The summed E-state index contributed by atoms with van der Waals surface area (Å²) in [5.74, 6) is 0. The van der Waals surface area contributed by atoms with E-state index in [1.54, 1.807) is 0 Å². The van der Waals surface area contributed by atoms with Gasteiger partial charge in [0, 0.05) is 15.8 Å². The largest absolute Gasteiger partial charge is 0.444 e. The third-order valence-electron chi connectivity index (χ3n) is 2.75. The number of ether oxygens (including phenoxy) is 1. The summed E-state index contributed by atoms with van der Waals surface area (Å²) in [6.07, 6.45) is 0.314. The number of aromatic nitrogens is 1. The van der Waals surface area contributed by atoms with E-state index in [2.05, 4.69) is 38.4 Å². The van der Waals surface area contributed by atoms with Crippen LogP contribution >= 0.6 is 27.3 Å². The second kappa shape index (κ2) is 6.79. The van der Waals surface area contributed by atoms with Crippen LogP contribution in [0.3, 0.4) is 0 Å². The highest BCUT2D eigenvalue weighted by Crippen LogP contribution is 2.26. The highest BCUT2D eigenvalue weighted by atomic mass is 79.9. The molecule has 1 N–H and O–H groups in total. The molecule has 0 bridgehead atoms. The van der Waals surface area contributed by atoms with Crippen LogP contribution < -0.4 is 5.32 Å². The van der Waals surface area contributed by atoms with Crippen LogP contribution in [-0.2, 0) is 11.2 Å². The van der Waals surface area contributed by atoms with Gasteiger partial charge in [-0.1, -0.05) is 28.1 Å². The Morgan fingerprint density at radius 2 is 2.14 bits per heavy atom. The van der Waals surface area contributed by atoms with E-state index in [-0.39, 0.29) is 0 Å². The Morgan fingerprint density at radius 3 is 2.77 bits per heavy atom. The van der Waals surface area contributed by atoms with E-state index >= 15 is 0 Å². The lowest BCUT2D eigenvalue weighted by molar-refractivity contribution is 0.0636. The molecule has 1 aromatic heterocycles. The molecule has 118 valence electrons. The lowest BCUT2D eigenvalue weighted by Crippen LogP contribution is -2.27. The summed E-state index contributed by atoms with van der Waals surface area (Å²) in [6.45, 7) is 7.44. The zero-order valence-electron chi connectivity index (χ0n) is 13.1. The van der Waals surface area contributed by atoms with Gasteiger partial charge in [0.1, 0.15) is 5.60 Å². The third kappa shape index (κ3) is 5.10. The first-order chi connectivity index (χ1) is 10.2. The van der Waals surface area contributed by atoms with Crippen molar-refractivity contribution >= 4 is 38.5 Å². The normalized spacial score (nSPS) is 11.3. The number of halogens is 1. The molecule has 2 aromatic rings. The molecule has 0 saturated heterocycles. The van der Waals surface area contributed by atoms with E-state index in [4.69, 9.17) is 4.74 Å². The maximum atomic E-state index is 11.8. The predicted molar refractivity (Wildman–Crippen MR) is 93.7 cm³/mol. The molecule has 0 aliphatic rings. The fourth-order valence-electron chi connectivity index (χ4n) is 1.87. The number of amides is 1. The van der Waals surface area contributed by atoms with Gasteiger partial charge >= 0.3 is 6.09 Å². The van der Waals surface area contributed by atoms with Gasteiger partial charge < -0.3 is 4.74 Å². The van der Waals surface area contributed by atoms with Crippen LogP contribution in [0.25, 0.3) is 0 Å². The molecule has 0 fully saturated rings.